The van der Waals surface area contributed by atoms with Gasteiger partial charge in [0.15, 0.2) is 12.3 Å². The van der Waals surface area contributed by atoms with Gasteiger partial charge in [0.25, 0.3) is 30.4 Å². The second-order valence-corrected chi connectivity index (χ2v) is 16.9. The van der Waals surface area contributed by atoms with Crippen LogP contribution in [0.15, 0.2) is 89.5 Å². The zero-order valence-corrected chi connectivity index (χ0v) is 29.0. The number of carboxylic acid groups (broad SMARTS) is 1. The van der Waals surface area contributed by atoms with Crippen molar-refractivity contribution >= 4 is 53.4 Å². The van der Waals surface area contributed by atoms with Crippen LogP contribution in [0.1, 0.15) is 49.2 Å². The highest BCUT2D eigenvalue weighted by Gasteiger charge is 2.45. The molecule has 0 aromatic heterocycles. The van der Waals surface area contributed by atoms with E-state index in [0.717, 1.165) is 0 Å². The second kappa shape index (κ2) is 13.2. The van der Waals surface area contributed by atoms with E-state index >= 15 is 0 Å². The molecule has 2 aromatic rings. The van der Waals surface area contributed by atoms with Crippen molar-refractivity contribution in [3.8, 4) is 0 Å². The Labute approximate surface area is 280 Å². The smallest absolute Gasteiger partial charge is 0.335 e. The molecule has 4 rings (SSSR count). The third-order valence-electron chi connectivity index (χ3n) is 8.40. The van der Waals surface area contributed by atoms with Gasteiger partial charge in [-0.05, 0) is 55.8 Å². The molecule has 0 atom stereocenters. The molecule has 48 heavy (non-hydrogen) atoms. The first-order chi connectivity index (χ1) is 22.0. The van der Waals surface area contributed by atoms with E-state index in [0.29, 0.717) is 33.9 Å². The Bertz CT molecular complexity index is 2140. The van der Waals surface area contributed by atoms with Crippen molar-refractivity contribution in [1.29, 1.82) is 0 Å². The molecular formula is C32H37N2O11S3+. The van der Waals surface area contributed by atoms with Crippen LogP contribution in [0.2, 0.25) is 0 Å². The number of carboxylic acids is 1. The summed E-state index contributed by atoms with van der Waals surface area (Å²) >= 11 is 0. The first-order valence-corrected chi connectivity index (χ1v) is 19.2. The van der Waals surface area contributed by atoms with Crippen molar-refractivity contribution in [2.75, 3.05) is 29.5 Å². The van der Waals surface area contributed by atoms with E-state index in [2.05, 4.69) is 0 Å². The van der Waals surface area contributed by atoms with E-state index < -0.39 is 58.7 Å². The SMILES string of the molecule is CC1(C)C(/C=C/C=C/C=C/C=C2/N(CCS(=O)(=O)O)c3ccc(S(=O)(=O)O)cc3C2(C)C)=[N+](CCS(=O)(=O)O)c2ccc(C(=O)O)cc21. The number of hydrogen-bond donors (Lipinski definition) is 4. The van der Waals surface area contributed by atoms with Gasteiger partial charge in [0, 0.05) is 41.1 Å². The lowest BCUT2D eigenvalue weighted by atomic mass is 9.81. The molecule has 0 fully saturated rings. The topological polar surface area (TPSA) is 207 Å². The van der Waals surface area contributed by atoms with Crippen LogP contribution in [-0.2, 0) is 41.2 Å². The third kappa shape index (κ3) is 8.02. The van der Waals surface area contributed by atoms with Crippen LogP contribution in [0.5, 0.6) is 0 Å². The fourth-order valence-electron chi connectivity index (χ4n) is 6.00. The number of hydrogen-bond acceptors (Lipinski definition) is 8. The Balaban J connectivity index is 1.63. The van der Waals surface area contributed by atoms with Gasteiger partial charge in [0.1, 0.15) is 5.75 Å². The molecule has 2 aliphatic rings. The maximum absolute atomic E-state index is 11.8. The highest BCUT2D eigenvalue weighted by atomic mass is 32.2. The van der Waals surface area contributed by atoms with Gasteiger partial charge in [-0.1, -0.05) is 44.2 Å². The molecule has 2 aliphatic heterocycles. The zero-order chi connectivity index (χ0) is 35.9. The van der Waals surface area contributed by atoms with Gasteiger partial charge in [-0.3, -0.25) is 13.7 Å². The normalized spacial score (nSPS) is 18.5. The average Bonchev–Trinajstić information content (AvgIpc) is 3.30. The van der Waals surface area contributed by atoms with Crippen LogP contribution in [0.3, 0.4) is 0 Å². The fourth-order valence-corrected chi connectivity index (χ4v) is 7.34. The molecule has 0 unspecified atom stereocenters. The van der Waals surface area contributed by atoms with Crippen molar-refractivity contribution in [2.24, 2.45) is 0 Å². The summed E-state index contributed by atoms with van der Waals surface area (Å²) < 4.78 is 99.9. The Hall–Kier alpha value is -3.93. The molecule has 0 radical (unpaired) electrons. The Kier molecular flexibility index (Phi) is 10.1. The van der Waals surface area contributed by atoms with E-state index in [1.807, 2.05) is 27.7 Å². The van der Waals surface area contributed by atoms with E-state index in [-0.39, 0.29) is 23.5 Å². The van der Waals surface area contributed by atoms with Crippen molar-refractivity contribution in [1.82, 2.24) is 0 Å². The zero-order valence-electron chi connectivity index (χ0n) is 26.6. The lowest BCUT2D eigenvalue weighted by molar-refractivity contribution is -0.432. The average molecular weight is 722 g/mol. The summed E-state index contributed by atoms with van der Waals surface area (Å²) in [6.07, 6.45) is 12.1. The van der Waals surface area contributed by atoms with Crippen molar-refractivity contribution < 1.29 is 53.4 Å². The number of anilines is 1. The lowest BCUT2D eigenvalue weighted by Crippen LogP contribution is -2.30. The molecule has 2 heterocycles. The quantitative estimate of drug-likeness (QED) is 0.139. The number of carbonyl (C=O) groups is 1. The number of benzene rings is 2. The summed E-state index contributed by atoms with van der Waals surface area (Å²) in [5, 5.41) is 9.50. The van der Waals surface area contributed by atoms with Gasteiger partial charge in [-0.25, -0.2) is 4.79 Å². The van der Waals surface area contributed by atoms with Crippen LogP contribution < -0.4 is 4.90 Å². The minimum Gasteiger partial charge on any atom is -0.478 e. The van der Waals surface area contributed by atoms with E-state index in [1.165, 1.54) is 24.3 Å². The third-order valence-corrected chi connectivity index (χ3v) is 10.6. The standard InChI is InChI=1S/C32H36N2O11S3/c1-31(2)24-20-22(30(35)36)12-14-26(24)33(16-18-46(37,38)39)28(31)10-8-6-5-7-9-11-29-32(3,4)25-21-23(48(43,44)45)13-15-27(25)34(29)17-19-47(40,41)42/h5-15,20-21H,16-19H2,1-4H3,(H3-,35,36,37,38,39,40,41,42,43,44,45)/p+1. The molecule has 13 nitrogen and oxygen atoms in total. The van der Waals surface area contributed by atoms with Crippen molar-refractivity contribution in [2.45, 2.75) is 43.4 Å². The minimum atomic E-state index is -4.49. The number of allylic oxidation sites excluding steroid dienone is 8. The number of rotatable bonds is 12. The molecule has 0 aliphatic carbocycles. The van der Waals surface area contributed by atoms with E-state index in [9.17, 15) is 48.8 Å². The highest BCUT2D eigenvalue weighted by Crippen LogP contribution is 2.48. The van der Waals surface area contributed by atoms with Gasteiger partial charge >= 0.3 is 5.97 Å². The van der Waals surface area contributed by atoms with Crippen molar-refractivity contribution in [3.63, 3.8) is 0 Å². The van der Waals surface area contributed by atoms with Crippen LogP contribution >= 0.6 is 0 Å². The number of nitrogens with zero attached hydrogens (tertiary/aromatic N) is 2. The molecule has 0 saturated heterocycles. The van der Waals surface area contributed by atoms with Gasteiger partial charge < -0.3 is 10.0 Å². The Morgan fingerprint density at radius 3 is 2.02 bits per heavy atom. The number of aromatic carboxylic acids is 1. The van der Waals surface area contributed by atoms with E-state index in [1.54, 1.807) is 64.1 Å². The first kappa shape index (κ1) is 36.9. The molecule has 0 bridgehead atoms. The molecule has 0 saturated carbocycles. The predicted molar refractivity (Wildman–Crippen MR) is 181 cm³/mol. The molecule has 258 valence electrons. The van der Waals surface area contributed by atoms with Crippen molar-refractivity contribution in [3.05, 3.63) is 101 Å². The van der Waals surface area contributed by atoms with Crippen LogP contribution in [0.4, 0.5) is 11.4 Å². The number of fused-ring (bicyclic) bond motifs is 2. The second-order valence-electron chi connectivity index (χ2n) is 12.4. The molecule has 16 heteroatoms. The molecular weight excluding hydrogens is 685 g/mol. The summed E-state index contributed by atoms with van der Waals surface area (Å²) in [6, 6.07) is 8.63. The Morgan fingerprint density at radius 1 is 0.792 bits per heavy atom. The summed E-state index contributed by atoms with van der Waals surface area (Å²) in [5.74, 6) is -2.21. The maximum atomic E-state index is 11.8. The largest absolute Gasteiger partial charge is 0.478 e. The highest BCUT2D eigenvalue weighted by molar-refractivity contribution is 7.86. The van der Waals surface area contributed by atoms with Crippen LogP contribution in [-0.4, -0.2) is 84.9 Å². The summed E-state index contributed by atoms with van der Waals surface area (Å²) in [6.45, 7) is 7.23. The molecule has 0 amide bonds. The van der Waals surface area contributed by atoms with E-state index in [4.69, 9.17) is 0 Å². The van der Waals surface area contributed by atoms with Gasteiger partial charge in [-0.2, -0.15) is 29.8 Å². The van der Waals surface area contributed by atoms with Gasteiger partial charge in [0.2, 0.25) is 5.69 Å². The lowest BCUT2D eigenvalue weighted by Gasteiger charge is -2.26. The summed E-state index contributed by atoms with van der Waals surface area (Å²) in [7, 11) is -13.1. The monoisotopic (exact) mass is 721 g/mol. The van der Waals surface area contributed by atoms with Gasteiger partial charge in [0.05, 0.1) is 21.6 Å². The fraction of sp³-hybridized carbons (Fsp3) is 0.312. The minimum absolute atomic E-state index is 0.0590. The first-order valence-electron chi connectivity index (χ1n) is 14.6. The molecule has 4 N–H and O–H groups in total. The summed E-state index contributed by atoms with van der Waals surface area (Å²) in [5.41, 5.74) is 2.27. The summed E-state index contributed by atoms with van der Waals surface area (Å²) in [4.78, 5) is 13.0. The molecule has 0 spiro atoms. The van der Waals surface area contributed by atoms with Gasteiger partial charge in [-0.15, -0.1) is 0 Å². The molecule has 2 aromatic carbocycles. The van der Waals surface area contributed by atoms with Crippen LogP contribution in [0, 0.1) is 0 Å². The maximum Gasteiger partial charge on any atom is 0.335 e. The Morgan fingerprint density at radius 2 is 1.42 bits per heavy atom. The predicted octanol–water partition coefficient (Wildman–Crippen LogP) is 4.13. The van der Waals surface area contributed by atoms with Crippen LogP contribution in [0.25, 0.3) is 0 Å².